The van der Waals surface area contributed by atoms with Crippen LogP contribution in [-0.4, -0.2) is 15.5 Å². The third-order valence-corrected chi connectivity index (χ3v) is 4.86. The molecule has 0 atom stereocenters. The molecule has 26 heavy (non-hydrogen) atoms. The number of anilines is 1. The van der Waals surface area contributed by atoms with Gasteiger partial charge in [-0.3, -0.25) is 9.36 Å². The van der Waals surface area contributed by atoms with Crippen molar-refractivity contribution < 1.29 is 9.21 Å². The van der Waals surface area contributed by atoms with E-state index < -0.39 is 5.76 Å². The van der Waals surface area contributed by atoms with Crippen molar-refractivity contribution in [2.75, 3.05) is 5.32 Å². The van der Waals surface area contributed by atoms with Crippen LogP contribution in [0.15, 0.2) is 63.1 Å². The molecule has 0 saturated heterocycles. The van der Waals surface area contributed by atoms with Gasteiger partial charge in [0.2, 0.25) is 5.91 Å². The van der Waals surface area contributed by atoms with Crippen molar-refractivity contribution in [2.45, 2.75) is 6.54 Å². The second-order valence-corrected chi connectivity index (χ2v) is 6.75. The summed E-state index contributed by atoms with van der Waals surface area (Å²) in [5.74, 6) is -0.934. The molecule has 0 aliphatic carbocycles. The lowest BCUT2D eigenvalue weighted by Gasteiger charge is -2.03. The first kappa shape index (κ1) is 16.6. The van der Waals surface area contributed by atoms with Gasteiger partial charge in [-0.25, -0.2) is 9.78 Å². The molecule has 1 amide bonds. The van der Waals surface area contributed by atoms with E-state index in [2.05, 4.69) is 10.3 Å². The van der Waals surface area contributed by atoms with Gasteiger partial charge >= 0.3 is 5.76 Å². The second kappa shape index (κ2) is 6.78. The fraction of sp³-hybridized carbons (Fsp3) is 0.0556. The molecule has 0 radical (unpaired) electrons. The van der Waals surface area contributed by atoms with Gasteiger partial charge in [0.15, 0.2) is 10.7 Å². The molecule has 130 valence electrons. The zero-order valence-corrected chi connectivity index (χ0v) is 14.9. The minimum absolute atomic E-state index is 0.156. The van der Waals surface area contributed by atoms with E-state index in [9.17, 15) is 9.59 Å². The molecule has 0 bridgehead atoms. The van der Waals surface area contributed by atoms with Crippen LogP contribution in [0.2, 0.25) is 5.02 Å². The van der Waals surface area contributed by atoms with E-state index in [0.717, 1.165) is 5.56 Å². The standard InChI is InChI=1S/C18H12ClN3O3S/c19-12-6-2-1-5-11(12)13-10-26-17(20-13)21-16(23)9-22-14-7-3-4-8-15(14)25-18(22)24/h1-8,10H,9H2,(H,20,21,23). The highest BCUT2D eigenvalue weighted by atomic mass is 35.5. The third-order valence-electron chi connectivity index (χ3n) is 3.78. The molecule has 6 nitrogen and oxygen atoms in total. The number of hydrogen-bond acceptors (Lipinski definition) is 5. The predicted octanol–water partition coefficient (Wildman–Crippen LogP) is 4.01. The molecule has 0 unspecified atom stereocenters. The van der Waals surface area contributed by atoms with E-state index in [1.807, 2.05) is 23.6 Å². The van der Waals surface area contributed by atoms with E-state index in [1.54, 1.807) is 30.3 Å². The largest absolute Gasteiger partial charge is 0.420 e. The Labute approximate surface area is 156 Å². The topological polar surface area (TPSA) is 77.1 Å². The lowest BCUT2D eigenvalue weighted by molar-refractivity contribution is -0.116. The molecule has 2 aromatic heterocycles. The highest BCUT2D eigenvalue weighted by Gasteiger charge is 2.14. The van der Waals surface area contributed by atoms with Crippen LogP contribution in [0.5, 0.6) is 0 Å². The number of fused-ring (bicyclic) bond motifs is 1. The summed E-state index contributed by atoms with van der Waals surface area (Å²) in [6.45, 7) is -0.156. The molecule has 1 N–H and O–H groups in total. The third kappa shape index (κ3) is 3.14. The summed E-state index contributed by atoms with van der Waals surface area (Å²) in [6.07, 6.45) is 0. The van der Waals surface area contributed by atoms with Crippen LogP contribution in [0.1, 0.15) is 0 Å². The van der Waals surface area contributed by atoms with E-state index >= 15 is 0 Å². The number of benzene rings is 2. The number of hydrogen-bond donors (Lipinski definition) is 1. The number of oxazole rings is 1. The molecular formula is C18H12ClN3O3S. The average molecular weight is 386 g/mol. The zero-order valence-electron chi connectivity index (χ0n) is 13.3. The van der Waals surface area contributed by atoms with Gasteiger partial charge in [0.25, 0.3) is 0 Å². The molecule has 2 heterocycles. The van der Waals surface area contributed by atoms with E-state index in [-0.39, 0.29) is 12.5 Å². The summed E-state index contributed by atoms with van der Waals surface area (Å²) in [6, 6.07) is 14.3. The second-order valence-electron chi connectivity index (χ2n) is 5.49. The Bertz CT molecular complexity index is 1160. The summed E-state index contributed by atoms with van der Waals surface area (Å²) in [5.41, 5.74) is 2.49. The van der Waals surface area contributed by atoms with Gasteiger partial charge in [0.05, 0.1) is 11.2 Å². The van der Waals surface area contributed by atoms with E-state index in [4.69, 9.17) is 16.0 Å². The number of carbonyl (C=O) groups excluding carboxylic acids is 1. The number of nitrogens with one attached hydrogen (secondary N) is 1. The monoisotopic (exact) mass is 385 g/mol. The quantitative estimate of drug-likeness (QED) is 0.575. The number of carbonyl (C=O) groups is 1. The number of aromatic nitrogens is 2. The Balaban J connectivity index is 1.53. The van der Waals surface area contributed by atoms with Crippen molar-refractivity contribution in [3.8, 4) is 11.3 Å². The minimum atomic E-state index is -0.572. The van der Waals surface area contributed by atoms with Gasteiger partial charge in [-0.2, -0.15) is 0 Å². The van der Waals surface area contributed by atoms with Crippen molar-refractivity contribution in [1.82, 2.24) is 9.55 Å². The molecule has 0 aliphatic heterocycles. The summed E-state index contributed by atoms with van der Waals surface area (Å²) >= 11 is 7.46. The number of halogens is 1. The van der Waals surface area contributed by atoms with Crippen molar-refractivity contribution in [3.63, 3.8) is 0 Å². The number of rotatable bonds is 4. The Morgan fingerprint density at radius 3 is 2.81 bits per heavy atom. The summed E-state index contributed by atoms with van der Waals surface area (Å²) < 4.78 is 6.41. The van der Waals surface area contributed by atoms with Gasteiger partial charge in [0.1, 0.15) is 6.54 Å². The first-order valence-corrected chi connectivity index (χ1v) is 8.96. The number of nitrogens with zero attached hydrogens (tertiary/aromatic N) is 2. The number of amides is 1. The van der Waals surface area contributed by atoms with Gasteiger partial charge in [-0.1, -0.05) is 41.9 Å². The van der Waals surface area contributed by atoms with Crippen molar-refractivity contribution in [1.29, 1.82) is 0 Å². The van der Waals surface area contributed by atoms with Gasteiger partial charge in [0, 0.05) is 16.0 Å². The van der Waals surface area contributed by atoms with Crippen LogP contribution in [0.4, 0.5) is 5.13 Å². The Morgan fingerprint density at radius 2 is 1.96 bits per heavy atom. The van der Waals surface area contributed by atoms with Crippen LogP contribution in [0.3, 0.4) is 0 Å². The van der Waals surface area contributed by atoms with Crippen molar-refractivity contribution >= 4 is 45.1 Å². The molecule has 0 saturated carbocycles. The number of thiazole rings is 1. The van der Waals surface area contributed by atoms with Crippen LogP contribution in [-0.2, 0) is 11.3 Å². The minimum Gasteiger partial charge on any atom is -0.408 e. The van der Waals surface area contributed by atoms with E-state index in [0.29, 0.717) is 26.9 Å². The molecule has 4 aromatic rings. The molecule has 0 spiro atoms. The Hall–Kier alpha value is -2.90. The average Bonchev–Trinajstić information content (AvgIpc) is 3.20. The molecule has 0 fully saturated rings. The van der Waals surface area contributed by atoms with Crippen molar-refractivity contribution in [2.24, 2.45) is 0 Å². The van der Waals surface area contributed by atoms with Crippen LogP contribution in [0, 0.1) is 0 Å². The van der Waals surface area contributed by atoms with Crippen LogP contribution < -0.4 is 11.1 Å². The normalized spacial score (nSPS) is 11.0. The summed E-state index contributed by atoms with van der Waals surface area (Å²) in [4.78, 5) is 28.6. The summed E-state index contributed by atoms with van der Waals surface area (Å²) in [5, 5.41) is 5.55. The number of para-hydroxylation sites is 2. The lowest BCUT2D eigenvalue weighted by Crippen LogP contribution is -2.24. The Kier molecular flexibility index (Phi) is 4.32. The highest BCUT2D eigenvalue weighted by Crippen LogP contribution is 2.30. The lowest BCUT2D eigenvalue weighted by atomic mass is 10.2. The van der Waals surface area contributed by atoms with Gasteiger partial charge < -0.3 is 9.73 Å². The Morgan fingerprint density at radius 1 is 1.19 bits per heavy atom. The zero-order chi connectivity index (χ0) is 18.1. The fourth-order valence-electron chi connectivity index (χ4n) is 2.59. The van der Waals surface area contributed by atoms with Gasteiger partial charge in [-0.05, 0) is 18.2 Å². The van der Waals surface area contributed by atoms with E-state index in [1.165, 1.54) is 15.9 Å². The molecular weight excluding hydrogens is 374 g/mol. The molecule has 8 heteroatoms. The first-order valence-electron chi connectivity index (χ1n) is 7.70. The van der Waals surface area contributed by atoms with Crippen LogP contribution >= 0.6 is 22.9 Å². The maximum atomic E-state index is 12.3. The maximum absolute atomic E-state index is 12.3. The first-order chi connectivity index (χ1) is 12.6. The molecule has 0 aliphatic rings. The maximum Gasteiger partial charge on any atom is 0.420 e. The summed E-state index contributed by atoms with van der Waals surface area (Å²) in [7, 11) is 0. The van der Waals surface area contributed by atoms with Crippen molar-refractivity contribution in [3.05, 3.63) is 69.5 Å². The highest BCUT2D eigenvalue weighted by molar-refractivity contribution is 7.14. The predicted molar refractivity (Wildman–Crippen MR) is 102 cm³/mol. The SMILES string of the molecule is O=C(Cn1c(=O)oc2ccccc21)Nc1nc(-c2ccccc2Cl)cs1. The molecule has 4 rings (SSSR count). The molecule has 2 aromatic carbocycles. The van der Waals surface area contributed by atoms with Gasteiger partial charge in [-0.15, -0.1) is 11.3 Å². The smallest absolute Gasteiger partial charge is 0.408 e. The van der Waals surface area contributed by atoms with Crippen LogP contribution in [0.25, 0.3) is 22.4 Å². The fourth-order valence-corrected chi connectivity index (χ4v) is 3.55.